The van der Waals surface area contributed by atoms with E-state index in [9.17, 15) is 0 Å². The highest BCUT2D eigenvalue weighted by molar-refractivity contribution is 7.09. The highest BCUT2D eigenvalue weighted by atomic mass is 32.1. The molecule has 2 aromatic heterocycles. The third kappa shape index (κ3) is 3.50. The first-order valence-corrected chi connectivity index (χ1v) is 7.11. The Morgan fingerprint density at radius 3 is 2.94 bits per heavy atom. The molecule has 2 aromatic rings. The fourth-order valence-corrected chi connectivity index (χ4v) is 2.41. The molecule has 4 nitrogen and oxygen atoms in total. The number of thiazole rings is 1. The van der Waals surface area contributed by atoms with Crippen molar-refractivity contribution in [3.05, 3.63) is 34.7 Å². The molecule has 0 aliphatic heterocycles. The second-order valence-electron chi connectivity index (χ2n) is 4.30. The van der Waals surface area contributed by atoms with Gasteiger partial charge in [-0.15, -0.1) is 11.3 Å². The summed E-state index contributed by atoms with van der Waals surface area (Å²) in [4.78, 5) is 12.8. The predicted molar refractivity (Wildman–Crippen MR) is 75.0 cm³/mol. The molecule has 1 unspecified atom stereocenters. The molecular formula is C13H18N4S. The van der Waals surface area contributed by atoms with E-state index < -0.39 is 0 Å². The number of aryl methyl sites for hydroxylation is 1. The first-order chi connectivity index (χ1) is 8.79. The van der Waals surface area contributed by atoms with Crippen LogP contribution in [0.25, 0.3) is 0 Å². The minimum Gasteiger partial charge on any atom is -0.369 e. The predicted octanol–water partition coefficient (Wildman–Crippen LogP) is 3.10. The Hall–Kier alpha value is -1.49. The zero-order chi connectivity index (χ0) is 12.8. The van der Waals surface area contributed by atoms with Gasteiger partial charge >= 0.3 is 0 Å². The molecule has 0 amide bonds. The average Bonchev–Trinajstić information content (AvgIpc) is 2.91. The van der Waals surface area contributed by atoms with Crippen LogP contribution < -0.4 is 5.32 Å². The molecular weight excluding hydrogens is 244 g/mol. The van der Waals surface area contributed by atoms with E-state index in [1.54, 1.807) is 17.7 Å². The number of nitrogens with one attached hydrogen (secondary N) is 1. The van der Waals surface area contributed by atoms with Gasteiger partial charge in [0.2, 0.25) is 0 Å². The molecule has 2 rings (SSSR count). The van der Waals surface area contributed by atoms with Crippen LogP contribution in [-0.2, 0) is 6.42 Å². The topological polar surface area (TPSA) is 50.7 Å². The van der Waals surface area contributed by atoms with Gasteiger partial charge in [-0.05, 0) is 6.42 Å². The molecule has 0 aromatic carbocycles. The Morgan fingerprint density at radius 2 is 2.22 bits per heavy atom. The minimum absolute atomic E-state index is 0.398. The number of aromatic nitrogens is 3. The van der Waals surface area contributed by atoms with E-state index in [2.05, 4.69) is 34.1 Å². The third-order valence-electron chi connectivity index (χ3n) is 2.69. The van der Waals surface area contributed by atoms with Crippen molar-refractivity contribution in [3.63, 3.8) is 0 Å². The lowest BCUT2D eigenvalue weighted by molar-refractivity contribution is 0.789. The van der Waals surface area contributed by atoms with Gasteiger partial charge in [0.15, 0.2) is 0 Å². The molecule has 0 radical (unpaired) electrons. The van der Waals surface area contributed by atoms with Crippen molar-refractivity contribution < 1.29 is 0 Å². The molecule has 5 heteroatoms. The van der Waals surface area contributed by atoms with Gasteiger partial charge in [0.05, 0.1) is 5.01 Å². The Morgan fingerprint density at radius 1 is 1.33 bits per heavy atom. The molecule has 0 aliphatic rings. The molecule has 2 heterocycles. The summed E-state index contributed by atoms with van der Waals surface area (Å²) in [6.45, 7) is 5.16. The number of hydrogen-bond donors (Lipinski definition) is 1. The van der Waals surface area contributed by atoms with Gasteiger partial charge in [-0.25, -0.2) is 15.0 Å². The van der Waals surface area contributed by atoms with Crippen molar-refractivity contribution in [2.45, 2.75) is 32.6 Å². The third-order valence-corrected chi connectivity index (χ3v) is 3.70. The molecule has 0 saturated carbocycles. The maximum Gasteiger partial charge on any atom is 0.129 e. The van der Waals surface area contributed by atoms with E-state index >= 15 is 0 Å². The van der Waals surface area contributed by atoms with Crippen LogP contribution >= 0.6 is 11.3 Å². The van der Waals surface area contributed by atoms with E-state index in [1.807, 2.05) is 17.6 Å². The molecule has 0 fully saturated rings. The van der Waals surface area contributed by atoms with Crippen LogP contribution in [0, 0.1) is 0 Å². The van der Waals surface area contributed by atoms with E-state index in [-0.39, 0.29) is 0 Å². The minimum atomic E-state index is 0.398. The molecule has 1 N–H and O–H groups in total. The van der Waals surface area contributed by atoms with Crippen LogP contribution in [0.4, 0.5) is 5.82 Å². The monoisotopic (exact) mass is 262 g/mol. The molecule has 18 heavy (non-hydrogen) atoms. The van der Waals surface area contributed by atoms with Gasteiger partial charge < -0.3 is 5.32 Å². The highest BCUT2D eigenvalue weighted by Crippen LogP contribution is 2.18. The first kappa shape index (κ1) is 13.0. The van der Waals surface area contributed by atoms with E-state index in [0.717, 1.165) is 35.9 Å². The zero-order valence-electron chi connectivity index (χ0n) is 10.8. The fourth-order valence-electron chi connectivity index (χ4n) is 1.71. The summed E-state index contributed by atoms with van der Waals surface area (Å²) in [7, 11) is 0. The fraction of sp³-hybridized carbons (Fsp3) is 0.462. The maximum atomic E-state index is 4.32. The van der Waals surface area contributed by atoms with Gasteiger partial charge in [-0.3, -0.25) is 0 Å². The second kappa shape index (κ2) is 6.44. The van der Waals surface area contributed by atoms with Gasteiger partial charge in [-0.1, -0.05) is 20.3 Å². The van der Waals surface area contributed by atoms with Crippen LogP contribution in [-0.4, -0.2) is 21.5 Å². The van der Waals surface area contributed by atoms with E-state index in [4.69, 9.17) is 0 Å². The van der Waals surface area contributed by atoms with Crippen molar-refractivity contribution in [3.8, 4) is 0 Å². The Bertz CT molecular complexity index is 470. The number of hydrogen-bond acceptors (Lipinski definition) is 5. The summed E-state index contributed by atoms with van der Waals surface area (Å²) < 4.78 is 0. The standard InChI is InChI=1S/C13H18N4S/c1-3-4-11-7-12(17-9-16-11)15-8-10(2)13-14-5-6-18-13/h5-7,9-10H,3-4,8H2,1-2H3,(H,15,16,17). The van der Waals surface area contributed by atoms with Gasteiger partial charge in [0.1, 0.15) is 12.1 Å². The zero-order valence-corrected chi connectivity index (χ0v) is 11.6. The molecule has 0 spiro atoms. The summed E-state index contributed by atoms with van der Waals surface area (Å²) in [5.74, 6) is 1.30. The number of nitrogens with zero attached hydrogens (tertiary/aromatic N) is 3. The summed E-state index contributed by atoms with van der Waals surface area (Å²) in [5.41, 5.74) is 1.09. The molecule has 0 aliphatic carbocycles. The Balaban J connectivity index is 1.91. The van der Waals surface area contributed by atoms with Crippen LogP contribution in [0.5, 0.6) is 0 Å². The van der Waals surface area contributed by atoms with Crippen molar-refractivity contribution in [1.82, 2.24) is 15.0 Å². The van der Waals surface area contributed by atoms with E-state index in [0.29, 0.717) is 5.92 Å². The van der Waals surface area contributed by atoms with Gasteiger partial charge in [-0.2, -0.15) is 0 Å². The van der Waals surface area contributed by atoms with Gasteiger partial charge in [0, 0.05) is 35.8 Å². The largest absolute Gasteiger partial charge is 0.369 e. The summed E-state index contributed by atoms with van der Waals surface area (Å²) >= 11 is 1.69. The summed E-state index contributed by atoms with van der Waals surface area (Å²) in [5, 5.41) is 6.51. The second-order valence-corrected chi connectivity index (χ2v) is 5.22. The smallest absolute Gasteiger partial charge is 0.129 e. The van der Waals surface area contributed by atoms with Crippen molar-refractivity contribution in [1.29, 1.82) is 0 Å². The number of rotatable bonds is 6. The van der Waals surface area contributed by atoms with Crippen LogP contribution in [0.1, 0.15) is 36.9 Å². The lowest BCUT2D eigenvalue weighted by Gasteiger charge is -2.10. The molecule has 96 valence electrons. The van der Waals surface area contributed by atoms with Crippen LogP contribution in [0.3, 0.4) is 0 Å². The highest BCUT2D eigenvalue weighted by Gasteiger charge is 2.08. The lowest BCUT2D eigenvalue weighted by atomic mass is 10.2. The SMILES string of the molecule is CCCc1cc(NCC(C)c2nccs2)ncn1. The quantitative estimate of drug-likeness (QED) is 0.869. The summed E-state index contributed by atoms with van der Waals surface area (Å²) in [6, 6.07) is 2.03. The maximum absolute atomic E-state index is 4.32. The van der Waals surface area contributed by atoms with Crippen LogP contribution in [0.2, 0.25) is 0 Å². The Kier molecular flexibility index (Phi) is 4.64. The first-order valence-electron chi connectivity index (χ1n) is 6.23. The molecule has 1 atom stereocenters. The lowest BCUT2D eigenvalue weighted by Crippen LogP contribution is -2.11. The Labute approximate surface area is 112 Å². The molecule has 0 bridgehead atoms. The summed E-state index contributed by atoms with van der Waals surface area (Å²) in [6.07, 6.45) is 5.58. The van der Waals surface area contributed by atoms with Gasteiger partial charge in [0.25, 0.3) is 0 Å². The van der Waals surface area contributed by atoms with Crippen molar-refractivity contribution in [2.24, 2.45) is 0 Å². The van der Waals surface area contributed by atoms with Crippen molar-refractivity contribution in [2.75, 3.05) is 11.9 Å². The normalized spacial score (nSPS) is 12.3. The van der Waals surface area contributed by atoms with E-state index in [1.165, 1.54) is 0 Å². The number of anilines is 1. The average molecular weight is 262 g/mol. The van der Waals surface area contributed by atoms with Crippen molar-refractivity contribution >= 4 is 17.2 Å². The molecule has 0 saturated heterocycles. The van der Waals surface area contributed by atoms with Crippen LogP contribution in [0.15, 0.2) is 24.0 Å².